The molecule has 0 aliphatic rings. The Morgan fingerprint density at radius 3 is 2.29 bits per heavy atom. The van der Waals surface area contributed by atoms with Crippen molar-refractivity contribution in [1.82, 2.24) is 15.0 Å². The van der Waals surface area contributed by atoms with Gasteiger partial charge in [0.15, 0.2) is 22.5 Å². The van der Waals surface area contributed by atoms with Crippen LogP contribution in [0.5, 0.6) is 0 Å². The second-order valence-electron chi connectivity index (χ2n) is 3.00. The molecule has 0 atom stereocenters. The summed E-state index contributed by atoms with van der Waals surface area (Å²) in [5.41, 5.74) is 16.8. The Bertz CT molecular complexity index is 538. The van der Waals surface area contributed by atoms with E-state index in [4.69, 9.17) is 33.3 Å². The molecule has 2 aromatic heterocycles. The minimum absolute atomic E-state index is 0. The van der Waals surface area contributed by atoms with E-state index in [1.165, 1.54) is 4.74 Å². The van der Waals surface area contributed by atoms with E-state index in [1.54, 1.807) is 7.05 Å². The monoisotopic (exact) mass is 369 g/mol. The lowest BCUT2D eigenvalue weighted by molar-refractivity contribution is -0.832. The van der Waals surface area contributed by atoms with Gasteiger partial charge in [0.1, 0.15) is 0 Å². The van der Waals surface area contributed by atoms with Crippen molar-refractivity contribution in [2.75, 3.05) is 17.2 Å². The van der Waals surface area contributed by atoms with Crippen molar-refractivity contribution in [1.29, 1.82) is 0 Å². The van der Waals surface area contributed by atoms with Crippen LogP contribution in [0, 0.1) is 0 Å². The first-order valence-corrected chi connectivity index (χ1v) is 4.58. The maximum Gasteiger partial charge on any atom is 0.425 e. The number of aryl methyl sites for hydroxylation is 1. The zero-order chi connectivity index (χ0) is 11.9. The highest BCUT2D eigenvalue weighted by Gasteiger charge is 2.22. The Kier molecular flexibility index (Phi) is 3.93. The summed E-state index contributed by atoms with van der Waals surface area (Å²) in [5, 5.41) is 0.0311. The fourth-order valence-corrected chi connectivity index (χ4v) is 1.19. The van der Waals surface area contributed by atoms with Gasteiger partial charge in [-0.15, -0.1) is 0 Å². The van der Waals surface area contributed by atoms with Crippen LogP contribution in [-0.4, -0.2) is 15.0 Å². The Balaban J connectivity index is 0.00000144. The SMILES string of the molecule is C[n+]1oc(-c2nc(Cl)c(N)nc2N)nc1N.[I-]. The fraction of sp³-hybridized carbons (Fsp3) is 0.143. The van der Waals surface area contributed by atoms with Crippen molar-refractivity contribution in [3.63, 3.8) is 0 Å². The van der Waals surface area contributed by atoms with Crippen LogP contribution in [0.1, 0.15) is 0 Å². The Morgan fingerprint density at radius 2 is 1.76 bits per heavy atom. The van der Waals surface area contributed by atoms with Crippen LogP contribution >= 0.6 is 11.6 Å². The fourth-order valence-electron chi connectivity index (χ4n) is 1.07. The lowest BCUT2D eigenvalue weighted by Gasteiger charge is -2.00. The van der Waals surface area contributed by atoms with Crippen LogP contribution in [0.2, 0.25) is 5.15 Å². The Morgan fingerprint density at radius 1 is 1.12 bits per heavy atom. The zero-order valence-corrected chi connectivity index (χ0v) is 11.6. The third-order valence-electron chi connectivity index (χ3n) is 1.87. The molecule has 0 bridgehead atoms. The van der Waals surface area contributed by atoms with E-state index < -0.39 is 0 Å². The van der Waals surface area contributed by atoms with E-state index in [-0.39, 0.29) is 58.3 Å². The molecule has 6 N–H and O–H groups in total. The summed E-state index contributed by atoms with van der Waals surface area (Å²) in [6.07, 6.45) is 0. The van der Waals surface area contributed by atoms with E-state index in [0.717, 1.165) is 0 Å². The van der Waals surface area contributed by atoms with Gasteiger partial charge in [-0.05, 0) is 4.98 Å². The summed E-state index contributed by atoms with van der Waals surface area (Å²) >= 11 is 5.72. The molecule has 2 rings (SSSR count). The highest BCUT2D eigenvalue weighted by Crippen LogP contribution is 2.24. The van der Waals surface area contributed by atoms with Gasteiger partial charge in [-0.2, -0.15) is 0 Å². The van der Waals surface area contributed by atoms with Gasteiger partial charge in [-0.25, -0.2) is 9.97 Å². The molecule has 0 aliphatic heterocycles. The first kappa shape index (κ1) is 13.7. The average Bonchev–Trinajstić information content (AvgIpc) is 2.53. The molecule has 17 heavy (non-hydrogen) atoms. The number of hydrogen-bond donors (Lipinski definition) is 3. The second-order valence-corrected chi connectivity index (χ2v) is 3.36. The Hall–Kier alpha value is -1.36. The molecule has 0 aliphatic carbocycles. The third-order valence-corrected chi connectivity index (χ3v) is 2.15. The van der Waals surface area contributed by atoms with Crippen LogP contribution in [0.15, 0.2) is 4.52 Å². The number of anilines is 3. The first-order valence-electron chi connectivity index (χ1n) is 4.20. The number of aromatic nitrogens is 4. The van der Waals surface area contributed by atoms with Gasteiger partial charge < -0.3 is 35.4 Å². The van der Waals surface area contributed by atoms with Crippen LogP contribution < -0.4 is 45.9 Å². The van der Waals surface area contributed by atoms with E-state index >= 15 is 0 Å². The largest absolute Gasteiger partial charge is 1.00 e. The summed E-state index contributed by atoms with van der Waals surface area (Å²) in [7, 11) is 1.59. The molecule has 0 amide bonds. The highest BCUT2D eigenvalue weighted by atomic mass is 127. The predicted molar refractivity (Wildman–Crippen MR) is 57.0 cm³/mol. The number of nitrogens with zero attached hydrogens (tertiary/aromatic N) is 4. The maximum atomic E-state index is 5.72. The van der Waals surface area contributed by atoms with Gasteiger partial charge in [-0.1, -0.05) is 16.3 Å². The summed E-state index contributed by atoms with van der Waals surface area (Å²) in [6.45, 7) is 0. The minimum atomic E-state index is 0. The standard InChI is InChI=1S/C7H8ClN7O.HI/c1-15-7(11)14-6(16-15)2-4(9)13-5(10)3(8)12-2;/h1H3,(H5,9,10,11,13,14);1H. The molecule has 2 heterocycles. The number of hydrogen-bond acceptors (Lipinski definition) is 7. The van der Waals surface area contributed by atoms with E-state index in [1.807, 2.05) is 0 Å². The molecule has 0 spiro atoms. The van der Waals surface area contributed by atoms with Gasteiger partial charge >= 0.3 is 11.8 Å². The molecule has 0 fully saturated rings. The molecular weight excluding hydrogens is 360 g/mol. The summed E-state index contributed by atoms with van der Waals surface area (Å²) < 4.78 is 6.44. The molecule has 0 unspecified atom stereocenters. The van der Waals surface area contributed by atoms with Crippen LogP contribution in [-0.2, 0) is 7.05 Å². The molecule has 2 aromatic rings. The van der Waals surface area contributed by atoms with E-state index in [2.05, 4.69) is 15.0 Å². The minimum Gasteiger partial charge on any atom is -1.00 e. The summed E-state index contributed by atoms with van der Waals surface area (Å²) in [4.78, 5) is 11.6. The normalized spacial score (nSPS) is 10.0. The zero-order valence-electron chi connectivity index (χ0n) is 8.69. The van der Waals surface area contributed by atoms with Gasteiger partial charge in [0, 0.05) is 0 Å². The van der Waals surface area contributed by atoms with Crippen molar-refractivity contribution in [2.24, 2.45) is 7.05 Å². The summed E-state index contributed by atoms with van der Waals surface area (Å²) in [6, 6.07) is 0. The molecule has 0 radical (unpaired) electrons. The van der Waals surface area contributed by atoms with Gasteiger partial charge in [0.25, 0.3) is 0 Å². The number of rotatable bonds is 1. The first-order chi connectivity index (χ1) is 7.49. The lowest BCUT2D eigenvalue weighted by atomic mass is 10.4. The van der Waals surface area contributed by atoms with Gasteiger partial charge in [-0.3, -0.25) is 10.3 Å². The smallest absolute Gasteiger partial charge is 0.425 e. The van der Waals surface area contributed by atoms with Gasteiger partial charge in [0.2, 0.25) is 0 Å². The molecule has 8 nitrogen and oxygen atoms in total. The van der Waals surface area contributed by atoms with Crippen molar-refractivity contribution in [3.05, 3.63) is 5.15 Å². The molecule has 0 aromatic carbocycles. The number of halogens is 2. The number of nitrogens with two attached hydrogens (primary N) is 3. The van der Waals surface area contributed by atoms with Crippen LogP contribution in [0.3, 0.4) is 0 Å². The Labute approximate surface area is 118 Å². The van der Waals surface area contributed by atoms with Crippen LogP contribution in [0.25, 0.3) is 11.6 Å². The predicted octanol–water partition coefficient (Wildman–Crippen LogP) is -3.64. The maximum absolute atomic E-state index is 5.72. The molecular formula is C7H9ClIN7O. The van der Waals surface area contributed by atoms with Crippen molar-refractivity contribution >= 4 is 29.2 Å². The lowest BCUT2D eigenvalue weighted by Crippen LogP contribution is -3.00. The molecule has 0 saturated heterocycles. The third kappa shape index (κ3) is 2.49. The van der Waals surface area contributed by atoms with Crippen LogP contribution in [0.4, 0.5) is 17.6 Å². The number of nitrogen functional groups attached to an aromatic ring is 3. The molecule has 0 saturated carbocycles. The van der Waals surface area contributed by atoms with E-state index in [0.29, 0.717) is 0 Å². The van der Waals surface area contributed by atoms with Crippen molar-refractivity contribution in [3.8, 4) is 11.6 Å². The topological polar surface area (TPSA) is 134 Å². The molecule has 10 heteroatoms. The average molecular weight is 370 g/mol. The van der Waals surface area contributed by atoms with Crippen molar-refractivity contribution in [2.45, 2.75) is 0 Å². The quantitative estimate of drug-likeness (QED) is 0.349. The van der Waals surface area contributed by atoms with Gasteiger partial charge in [0.05, 0.1) is 7.05 Å². The summed E-state index contributed by atoms with van der Waals surface area (Å²) in [5.74, 6) is 0.437. The van der Waals surface area contributed by atoms with E-state index in [9.17, 15) is 0 Å². The molecule has 92 valence electrons. The van der Waals surface area contributed by atoms with Crippen molar-refractivity contribution < 1.29 is 33.2 Å². The second kappa shape index (κ2) is 4.87. The highest BCUT2D eigenvalue weighted by molar-refractivity contribution is 6.31.